The van der Waals surface area contributed by atoms with Gasteiger partial charge in [0.2, 0.25) is 0 Å². The molecule has 270 valence electrons. The van der Waals surface area contributed by atoms with E-state index in [1.54, 1.807) is 20.8 Å². The first-order valence-corrected chi connectivity index (χ1v) is 17.4. The van der Waals surface area contributed by atoms with Gasteiger partial charge in [-0.1, -0.05) is 80.1 Å². The highest BCUT2D eigenvalue weighted by Crippen LogP contribution is 2.33. The fourth-order valence-corrected chi connectivity index (χ4v) is 5.54. The molecule has 12 heteroatoms. The van der Waals surface area contributed by atoms with Crippen LogP contribution in [0.25, 0.3) is 0 Å². The number of carbonyl (C=O) groups excluding carboxylic acids is 3. The van der Waals surface area contributed by atoms with Gasteiger partial charge in [0.15, 0.2) is 0 Å². The van der Waals surface area contributed by atoms with Gasteiger partial charge in [-0.2, -0.15) is 0 Å². The summed E-state index contributed by atoms with van der Waals surface area (Å²) in [5.41, 5.74) is -7.03. The van der Waals surface area contributed by atoms with Gasteiger partial charge in [-0.05, 0) is 57.8 Å². The largest absolute Gasteiger partial charge is 0.478 e. The van der Waals surface area contributed by atoms with Crippen molar-refractivity contribution in [3.8, 4) is 0 Å². The zero-order valence-electron chi connectivity index (χ0n) is 29.4. The lowest BCUT2D eigenvalue weighted by molar-refractivity contribution is 0.0194. The molecule has 0 radical (unpaired) electrons. The van der Waals surface area contributed by atoms with Gasteiger partial charge in [-0.3, -0.25) is 0 Å². The maximum atomic E-state index is 14.1. The molecular formula is C36H54O12. The maximum Gasteiger partial charge on any atom is 0.340 e. The van der Waals surface area contributed by atoms with Crippen molar-refractivity contribution in [3.63, 3.8) is 0 Å². The Bertz CT molecular complexity index is 1200. The van der Waals surface area contributed by atoms with Gasteiger partial charge in [-0.15, -0.1) is 0 Å². The summed E-state index contributed by atoms with van der Waals surface area (Å²) >= 11 is 0. The average molecular weight is 679 g/mol. The molecule has 12 nitrogen and oxygen atoms in total. The van der Waals surface area contributed by atoms with Gasteiger partial charge >= 0.3 is 35.8 Å². The third-order valence-corrected chi connectivity index (χ3v) is 8.33. The molecule has 0 saturated heterocycles. The number of benzene rings is 1. The van der Waals surface area contributed by atoms with Crippen LogP contribution >= 0.6 is 0 Å². The summed E-state index contributed by atoms with van der Waals surface area (Å²) in [6.45, 7) is 11.2. The first-order chi connectivity index (χ1) is 22.8. The molecule has 0 aliphatic rings. The van der Waals surface area contributed by atoms with Crippen LogP contribution in [0.2, 0.25) is 0 Å². The number of ether oxygens (including phenoxy) is 3. The predicted molar refractivity (Wildman–Crippen MR) is 178 cm³/mol. The summed E-state index contributed by atoms with van der Waals surface area (Å²) in [6.07, 6.45) is 7.09. The van der Waals surface area contributed by atoms with Crippen molar-refractivity contribution in [2.75, 3.05) is 0 Å². The number of carbonyl (C=O) groups is 6. The zero-order chi connectivity index (χ0) is 36.4. The van der Waals surface area contributed by atoms with E-state index in [0.717, 1.165) is 38.5 Å². The van der Waals surface area contributed by atoms with Crippen LogP contribution in [0.15, 0.2) is 0 Å². The number of hydrogen-bond donors (Lipinski definition) is 3. The minimum Gasteiger partial charge on any atom is -0.478 e. The number of hydrogen-bond acceptors (Lipinski definition) is 9. The minimum absolute atomic E-state index is 0.316. The van der Waals surface area contributed by atoms with E-state index in [-0.39, 0.29) is 0 Å². The van der Waals surface area contributed by atoms with E-state index >= 15 is 0 Å². The van der Waals surface area contributed by atoms with Crippen molar-refractivity contribution < 1.29 is 58.3 Å². The lowest BCUT2D eigenvalue weighted by Gasteiger charge is -2.24. The fraction of sp³-hybridized carbons (Fsp3) is 0.667. The number of carboxylic acid groups (broad SMARTS) is 3. The third-order valence-electron chi connectivity index (χ3n) is 8.33. The number of carboxylic acids is 3. The predicted octanol–water partition coefficient (Wildman–Crippen LogP) is 8.33. The molecule has 48 heavy (non-hydrogen) atoms. The van der Waals surface area contributed by atoms with Crippen molar-refractivity contribution in [1.82, 2.24) is 0 Å². The maximum absolute atomic E-state index is 14.1. The molecule has 0 heterocycles. The number of unbranched alkanes of at least 4 members (excludes halogenated alkanes) is 6. The Labute approximate surface area is 283 Å². The van der Waals surface area contributed by atoms with Crippen LogP contribution in [-0.2, 0) is 14.2 Å². The molecule has 0 spiro atoms. The van der Waals surface area contributed by atoms with E-state index < -0.39 is 87.5 Å². The molecule has 0 amide bonds. The quantitative estimate of drug-likeness (QED) is 0.0539. The monoisotopic (exact) mass is 678 g/mol. The van der Waals surface area contributed by atoms with Crippen LogP contribution in [-0.4, -0.2) is 69.4 Å². The van der Waals surface area contributed by atoms with E-state index in [1.165, 1.54) is 0 Å². The van der Waals surface area contributed by atoms with Crippen molar-refractivity contribution in [2.24, 2.45) is 0 Å². The van der Waals surface area contributed by atoms with E-state index in [2.05, 4.69) is 0 Å². The highest BCUT2D eigenvalue weighted by Gasteiger charge is 2.43. The Morgan fingerprint density at radius 2 is 0.646 bits per heavy atom. The van der Waals surface area contributed by atoms with Crippen molar-refractivity contribution in [2.45, 2.75) is 156 Å². The zero-order valence-corrected chi connectivity index (χ0v) is 29.4. The fourth-order valence-electron chi connectivity index (χ4n) is 5.54. The molecule has 0 aliphatic heterocycles. The molecule has 1 aromatic rings. The molecule has 1 aromatic carbocycles. The van der Waals surface area contributed by atoms with E-state index in [1.807, 2.05) is 20.8 Å². The average Bonchev–Trinajstić information content (AvgIpc) is 3.05. The van der Waals surface area contributed by atoms with Crippen LogP contribution in [0.1, 0.15) is 200 Å². The van der Waals surface area contributed by atoms with Gasteiger partial charge in [0.1, 0.15) is 18.3 Å². The lowest BCUT2D eigenvalue weighted by atomic mass is 9.85. The van der Waals surface area contributed by atoms with Crippen molar-refractivity contribution in [3.05, 3.63) is 33.4 Å². The molecule has 3 unspecified atom stereocenters. The van der Waals surface area contributed by atoms with Crippen LogP contribution in [0.4, 0.5) is 0 Å². The molecule has 0 aliphatic carbocycles. The summed E-state index contributed by atoms with van der Waals surface area (Å²) in [7, 11) is 0. The Morgan fingerprint density at radius 1 is 0.417 bits per heavy atom. The van der Waals surface area contributed by atoms with Crippen LogP contribution in [0.5, 0.6) is 0 Å². The van der Waals surface area contributed by atoms with Crippen LogP contribution in [0, 0.1) is 0 Å². The summed E-state index contributed by atoms with van der Waals surface area (Å²) in [5.74, 6) is -10.2. The van der Waals surface area contributed by atoms with Crippen molar-refractivity contribution in [1.29, 1.82) is 0 Å². The topological polar surface area (TPSA) is 191 Å². The van der Waals surface area contributed by atoms with E-state index in [0.29, 0.717) is 57.8 Å². The van der Waals surface area contributed by atoms with Crippen LogP contribution in [0.3, 0.4) is 0 Å². The molecule has 0 aromatic heterocycles. The molecule has 3 N–H and O–H groups in total. The molecule has 0 bridgehead atoms. The second kappa shape index (κ2) is 21.8. The Morgan fingerprint density at radius 3 is 0.854 bits per heavy atom. The van der Waals surface area contributed by atoms with E-state index in [4.69, 9.17) is 14.2 Å². The number of esters is 3. The summed E-state index contributed by atoms with van der Waals surface area (Å²) in [5, 5.41) is 30.8. The van der Waals surface area contributed by atoms with Gasteiger partial charge in [0, 0.05) is 0 Å². The Hall–Kier alpha value is -3.96. The minimum atomic E-state index is -2.04. The second-order valence-corrected chi connectivity index (χ2v) is 12.0. The first-order valence-electron chi connectivity index (χ1n) is 17.4. The van der Waals surface area contributed by atoms with Gasteiger partial charge in [-0.25, -0.2) is 28.8 Å². The third kappa shape index (κ3) is 11.9. The van der Waals surface area contributed by atoms with Crippen molar-refractivity contribution >= 4 is 35.8 Å². The van der Waals surface area contributed by atoms with Gasteiger partial charge in [0.05, 0.1) is 33.4 Å². The number of rotatable bonds is 24. The molecule has 3 atom stereocenters. The standard InChI is InChI=1S/C36H54O12/c1-7-13-16-19-22(10-4)46-34(43)28-26(32(39)40)25(31(37)38)27(33(41)42)29(35(44)47-23(11-5)20-17-14-8-2)30(28)36(45)48-24(12-6)21-18-15-9-3/h22-24H,7-21H2,1-6H3,(H,37,38)(H,39,40)(H,41,42). The SMILES string of the molecule is CCCCCC(CC)OC(=O)c1c(C(=O)O)c(C(=O)O)c(C(=O)O)c(C(=O)OC(CC)CCCCC)c1C(=O)OC(CC)CCCCC. The Kier molecular flexibility index (Phi) is 19.1. The van der Waals surface area contributed by atoms with Crippen LogP contribution < -0.4 is 0 Å². The first kappa shape index (κ1) is 42.1. The van der Waals surface area contributed by atoms with Gasteiger partial charge < -0.3 is 29.5 Å². The lowest BCUT2D eigenvalue weighted by Crippen LogP contribution is -2.32. The number of aromatic carboxylic acids is 3. The second-order valence-electron chi connectivity index (χ2n) is 12.0. The summed E-state index contributed by atoms with van der Waals surface area (Å²) < 4.78 is 17.0. The summed E-state index contributed by atoms with van der Waals surface area (Å²) in [6, 6.07) is 0. The van der Waals surface area contributed by atoms with Gasteiger partial charge in [0.25, 0.3) is 0 Å². The normalized spacial score (nSPS) is 12.9. The molecule has 1 rings (SSSR count). The highest BCUT2D eigenvalue weighted by atomic mass is 16.6. The molecular weight excluding hydrogens is 624 g/mol. The highest BCUT2D eigenvalue weighted by molar-refractivity contribution is 6.23. The molecule has 0 fully saturated rings. The summed E-state index contributed by atoms with van der Waals surface area (Å²) in [4.78, 5) is 80.1. The smallest absolute Gasteiger partial charge is 0.340 e. The van der Waals surface area contributed by atoms with E-state index in [9.17, 15) is 44.1 Å². The molecule has 0 saturated carbocycles. The Balaban J connectivity index is 4.24.